The van der Waals surface area contributed by atoms with Crippen molar-refractivity contribution < 1.29 is 26.2 Å². The second kappa shape index (κ2) is 7.33. The van der Waals surface area contributed by atoms with Gasteiger partial charge in [-0.1, -0.05) is 18.2 Å². The highest BCUT2D eigenvalue weighted by Crippen LogP contribution is 2.48. The van der Waals surface area contributed by atoms with Crippen LogP contribution in [0.15, 0.2) is 29.2 Å². The Labute approximate surface area is 119 Å². The van der Waals surface area contributed by atoms with Crippen LogP contribution < -0.4 is 0 Å². The molecule has 0 aliphatic heterocycles. The zero-order valence-electron chi connectivity index (χ0n) is 11.7. The molecule has 0 aliphatic carbocycles. The van der Waals surface area contributed by atoms with Gasteiger partial charge < -0.3 is 9.05 Å². The molecule has 20 heavy (non-hydrogen) atoms. The number of rotatable bonds is 8. The van der Waals surface area contributed by atoms with Gasteiger partial charge in [0, 0.05) is 0 Å². The topological polar surface area (TPSA) is 78.9 Å². The van der Waals surface area contributed by atoms with Crippen molar-refractivity contribution in [1.82, 2.24) is 0 Å². The molecule has 8 heteroatoms. The zero-order chi connectivity index (χ0) is 15.2. The minimum atomic E-state index is -3.99. The molecule has 0 atom stereocenters. The Morgan fingerprint density at radius 3 is 2.15 bits per heavy atom. The van der Waals surface area contributed by atoms with Crippen molar-refractivity contribution in [2.75, 3.05) is 19.6 Å². The van der Waals surface area contributed by atoms with Gasteiger partial charge in [0.2, 0.25) is 0 Å². The zero-order valence-corrected chi connectivity index (χ0v) is 13.4. The van der Waals surface area contributed by atoms with Crippen LogP contribution in [0.5, 0.6) is 0 Å². The van der Waals surface area contributed by atoms with Crippen LogP contribution in [0.1, 0.15) is 19.4 Å². The maximum atomic E-state index is 12.1. The maximum Gasteiger partial charge on any atom is 0.357 e. The molecule has 0 spiro atoms. The molecule has 0 radical (unpaired) electrons. The summed E-state index contributed by atoms with van der Waals surface area (Å²) in [7, 11) is -7.55. The normalized spacial score (nSPS) is 12.6. The van der Waals surface area contributed by atoms with E-state index >= 15 is 0 Å². The van der Waals surface area contributed by atoms with Crippen LogP contribution in [0.3, 0.4) is 0 Å². The number of hydrogen-bond acceptors (Lipinski definition) is 6. The fraction of sp³-hybridized carbons (Fsp3) is 0.500. The van der Waals surface area contributed by atoms with Crippen LogP contribution in [0.4, 0.5) is 0 Å². The highest BCUT2D eigenvalue weighted by Gasteiger charge is 2.28. The molecule has 0 saturated carbocycles. The molecule has 0 aromatic heterocycles. The Morgan fingerprint density at radius 1 is 1.10 bits per heavy atom. The molecule has 0 aliphatic rings. The molecule has 0 N–H and O–H groups in total. The molecule has 0 unspecified atom stereocenters. The molecule has 1 aromatic carbocycles. The molecule has 0 bridgehead atoms. The van der Waals surface area contributed by atoms with Gasteiger partial charge in [-0.05, 0) is 32.4 Å². The quantitative estimate of drug-likeness (QED) is 0.541. The van der Waals surface area contributed by atoms with E-state index < -0.39 is 24.1 Å². The third kappa shape index (κ3) is 4.68. The van der Waals surface area contributed by atoms with Crippen molar-refractivity contribution in [3.63, 3.8) is 0 Å². The van der Waals surface area contributed by atoms with Crippen molar-refractivity contribution in [1.29, 1.82) is 0 Å². The minimum absolute atomic E-state index is 0.0412. The van der Waals surface area contributed by atoms with E-state index in [1.54, 1.807) is 39.0 Å². The van der Waals surface area contributed by atoms with Gasteiger partial charge >= 0.3 is 7.60 Å². The van der Waals surface area contributed by atoms with Crippen LogP contribution in [0.25, 0.3) is 0 Å². The van der Waals surface area contributed by atoms with Crippen molar-refractivity contribution >= 4 is 17.7 Å². The molecule has 0 saturated heterocycles. The molecular formula is C12H19O6PS. The smallest absolute Gasteiger partial charge is 0.307 e. The van der Waals surface area contributed by atoms with E-state index in [2.05, 4.69) is 0 Å². The Kier molecular flexibility index (Phi) is 6.36. The van der Waals surface area contributed by atoms with E-state index in [1.165, 1.54) is 6.07 Å². The summed E-state index contributed by atoms with van der Waals surface area (Å²) in [4.78, 5) is 0.0412. The van der Waals surface area contributed by atoms with Gasteiger partial charge in [-0.2, -0.15) is 8.42 Å². The lowest BCUT2D eigenvalue weighted by molar-refractivity contribution is 0.198. The summed E-state index contributed by atoms with van der Waals surface area (Å²) >= 11 is 0. The summed E-state index contributed by atoms with van der Waals surface area (Å²) < 4.78 is 51.0. The summed E-state index contributed by atoms with van der Waals surface area (Å²) in [5.41, 5.74) is 0.551. The molecule has 0 heterocycles. The van der Waals surface area contributed by atoms with Gasteiger partial charge in [0.15, 0.2) is 6.35 Å². The summed E-state index contributed by atoms with van der Waals surface area (Å²) in [5, 5.41) is 0. The summed E-state index contributed by atoms with van der Waals surface area (Å²) in [6, 6.07) is 6.39. The fourth-order valence-electron chi connectivity index (χ4n) is 1.54. The van der Waals surface area contributed by atoms with E-state index in [4.69, 9.17) is 13.2 Å². The first kappa shape index (κ1) is 17.3. The minimum Gasteiger partial charge on any atom is -0.307 e. The summed E-state index contributed by atoms with van der Waals surface area (Å²) in [6.45, 7) is 5.22. The highest BCUT2D eigenvalue weighted by atomic mass is 32.2. The summed E-state index contributed by atoms with van der Waals surface area (Å²) in [6.07, 6.45) is -0.634. The average Bonchev–Trinajstić information content (AvgIpc) is 2.38. The van der Waals surface area contributed by atoms with E-state index in [1.807, 2.05) is 0 Å². The second-order valence-corrected chi connectivity index (χ2v) is 7.49. The highest BCUT2D eigenvalue weighted by molar-refractivity contribution is 7.87. The number of aryl methyl sites for hydroxylation is 1. The van der Waals surface area contributed by atoms with Gasteiger partial charge in [0.25, 0.3) is 10.1 Å². The van der Waals surface area contributed by atoms with Crippen LogP contribution >= 0.6 is 7.60 Å². The third-order valence-electron chi connectivity index (χ3n) is 2.38. The van der Waals surface area contributed by atoms with Crippen molar-refractivity contribution in [3.05, 3.63) is 29.8 Å². The Balaban J connectivity index is 2.87. The van der Waals surface area contributed by atoms with Gasteiger partial charge in [-0.3, -0.25) is 8.75 Å². The fourth-order valence-corrected chi connectivity index (χ4v) is 4.46. The van der Waals surface area contributed by atoms with Crippen molar-refractivity contribution in [3.8, 4) is 0 Å². The first-order valence-corrected chi connectivity index (χ1v) is 9.31. The van der Waals surface area contributed by atoms with Gasteiger partial charge in [0.1, 0.15) is 0 Å². The van der Waals surface area contributed by atoms with Gasteiger partial charge in [0.05, 0.1) is 18.1 Å². The van der Waals surface area contributed by atoms with Crippen LogP contribution in [-0.2, 0) is 27.9 Å². The molecule has 114 valence electrons. The Hall–Kier alpha value is -0.720. The SMILES string of the molecule is CCOP(=O)(COS(=O)(=O)c1ccccc1C)OCC. The molecular weight excluding hydrogens is 303 g/mol. The first-order chi connectivity index (χ1) is 9.34. The Morgan fingerprint density at radius 2 is 1.65 bits per heavy atom. The maximum absolute atomic E-state index is 12.1. The predicted molar refractivity (Wildman–Crippen MR) is 75.2 cm³/mol. The predicted octanol–water partition coefficient (Wildman–Crippen LogP) is 2.92. The number of hydrogen-bond donors (Lipinski definition) is 0. The molecule has 6 nitrogen and oxygen atoms in total. The van der Waals surface area contributed by atoms with Gasteiger partial charge in [-0.25, -0.2) is 0 Å². The van der Waals surface area contributed by atoms with Gasteiger partial charge in [-0.15, -0.1) is 0 Å². The Bertz CT molecular complexity index is 573. The van der Waals surface area contributed by atoms with Crippen LogP contribution in [0, 0.1) is 6.92 Å². The van der Waals surface area contributed by atoms with E-state index in [9.17, 15) is 13.0 Å². The molecule has 1 rings (SSSR count). The largest absolute Gasteiger partial charge is 0.357 e. The lowest BCUT2D eigenvalue weighted by atomic mass is 10.2. The average molecular weight is 322 g/mol. The molecule has 0 fully saturated rings. The van der Waals surface area contributed by atoms with Crippen LogP contribution in [-0.4, -0.2) is 28.0 Å². The standard InChI is InChI=1S/C12H19O6PS/c1-4-16-19(13,17-5-2)10-18-20(14,15)12-9-7-6-8-11(12)3/h6-9H,4-5,10H2,1-3H3. The monoisotopic (exact) mass is 322 g/mol. The van der Waals surface area contributed by atoms with Crippen molar-refractivity contribution in [2.45, 2.75) is 25.7 Å². The van der Waals surface area contributed by atoms with E-state index in [0.717, 1.165) is 0 Å². The third-order valence-corrected chi connectivity index (χ3v) is 5.73. The van der Waals surface area contributed by atoms with Crippen LogP contribution in [0.2, 0.25) is 0 Å². The summed E-state index contributed by atoms with van der Waals surface area (Å²) in [5.74, 6) is 0. The number of benzene rings is 1. The first-order valence-electron chi connectivity index (χ1n) is 6.18. The molecule has 0 amide bonds. The van der Waals surface area contributed by atoms with E-state index in [0.29, 0.717) is 5.56 Å². The lowest BCUT2D eigenvalue weighted by Crippen LogP contribution is -2.11. The lowest BCUT2D eigenvalue weighted by Gasteiger charge is -2.17. The van der Waals surface area contributed by atoms with Crippen molar-refractivity contribution in [2.24, 2.45) is 0 Å². The molecule has 1 aromatic rings. The van der Waals surface area contributed by atoms with E-state index in [-0.39, 0.29) is 18.1 Å². The second-order valence-electron chi connectivity index (χ2n) is 3.91.